The van der Waals surface area contributed by atoms with Gasteiger partial charge in [-0.2, -0.15) is 0 Å². The third-order valence-corrected chi connectivity index (χ3v) is 5.47. The summed E-state index contributed by atoms with van der Waals surface area (Å²) >= 11 is 1.37. The van der Waals surface area contributed by atoms with Gasteiger partial charge in [0, 0.05) is 18.7 Å². The molecule has 0 aliphatic heterocycles. The summed E-state index contributed by atoms with van der Waals surface area (Å²) in [5.74, 6) is 0.146. The SMILES string of the molecule is COC(=O)c1ccc2c(=O)n(CCc3ccccc3)c(SCCC(C)=O)nc2c1. The van der Waals surface area contributed by atoms with Crippen LogP contribution in [0.15, 0.2) is 58.5 Å². The van der Waals surface area contributed by atoms with Crippen molar-refractivity contribution in [3.05, 3.63) is 70.0 Å². The Hall–Kier alpha value is -2.93. The maximum atomic E-state index is 13.1. The number of carbonyl (C=O) groups is 2. The number of esters is 1. The average molecular weight is 410 g/mol. The number of nitrogens with zero attached hydrogens (tertiary/aromatic N) is 2. The van der Waals surface area contributed by atoms with Crippen LogP contribution in [0.5, 0.6) is 0 Å². The van der Waals surface area contributed by atoms with Crippen molar-refractivity contribution in [2.24, 2.45) is 0 Å². The van der Waals surface area contributed by atoms with Crippen LogP contribution < -0.4 is 5.56 Å². The maximum absolute atomic E-state index is 13.1. The van der Waals surface area contributed by atoms with Crippen LogP contribution in [0.25, 0.3) is 10.9 Å². The zero-order chi connectivity index (χ0) is 20.8. The number of rotatable bonds is 8. The van der Waals surface area contributed by atoms with Gasteiger partial charge in [-0.1, -0.05) is 42.1 Å². The predicted octanol–water partition coefficient (Wildman–Crippen LogP) is 3.50. The van der Waals surface area contributed by atoms with Gasteiger partial charge < -0.3 is 4.74 Å². The van der Waals surface area contributed by atoms with Crippen molar-refractivity contribution >= 4 is 34.4 Å². The summed E-state index contributed by atoms with van der Waals surface area (Å²) in [7, 11) is 1.31. The molecule has 0 saturated heterocycles. The van der Waals surface area contributed by atoms with Gasteiger partial charge in [0.2, 0.25) is 0 Å². The normalized spacial score (nSPS) is 10.8. The smallest absolute Gasteiger partial charge is 0.337 e. The van der Waals surface area contributed by atoms with E-state index in [0.717, 1.165) is 5.56 Å². The molecule has 3 aromatic rings. The zero-order valence-electron chi connectivity index (χ0n) is 16.4. The van der Waals surface area contributed by atoms with Crippen LogP contribution in [-0.4, -0.2) is 34.2 Å². The Bertz CT molecular complexity index is 1090. The lowest BCUT2D eigenvalue weighted by molar-refractivity contribution is -0.116. The minimum atomic E-state index is -0.479. The fourth-order valence-electron chi connectivity index (χ4n) is 2.92. The third-order valence-electron chi connectivity index (χ3n) is 4.49. The van der Waals surface area contributed by atoms with E-state index in [9.17, 15) is 14.4 Å². The first-order chi connectivity index (χ1) is 14.0. The Labute approximate surface area is 172 Å². The molecule has 150 valence electrons. The molecule has 0 spiro atoms. The lowest BCUT2D eigenvalue weighted by atomic mass is 10.1. The molecule has 7 heteroatoms. The molecular weight excluding hydrogens is 388 g/mol. The minimum Gasteiger partial charge on any atom is -0.465 e. The van der Waals surface area contributed by atoms with E-state index < -0.39 is 5.97 Å². The van der Waals surface area contributed by atoms with Gasteiger partial charge in [0.15, 0.2) is 5.16 Å². The number of aromatic nitrogens is 2. The fourth-order valence-corrected chi connectivity index (χ4v) is 3.99. The number of Topliss-reactive ketones (excluding diaryl/α,β-unsaturated/α-hetero) is 1. The molecule has 0 aliphatic carbocycles. The monoisotopic (exact) mass is 410 g/mol. The number of hydrogen-bond donors (Lipinski definition) is 0. The Morgan fingerprint density at radius 3 is 2.59 bits per heavy atom. The standard InChI is InChI=1S/C22H22N2O4S/c1-15(25)11-13-29-22-23-19-14-17(21(27)28-2)8-9-18(19)20(26)24(22)12-10-16-6-4-3-5-7-16/h3-9,14H,10-13H2,1-2H3. The van der Waals surface area contributed by atoms with Crippen LogP contribution >= 0.6 is 11.8 Å². The fraction of sp³-hybridized carbons (Fsp3) is 0.273. The first kappa shape index (κ1) is 20.8. The number of hydrogen-bond acceptors (Lipinski definition) is 6. The number of benzene rings is 2. The maximum Gasteiger partial charge on any atom is 0.337 e. The van der Waals surface area contributed by atoms with Crippen LogP contribution in [0.4, 0.5) is 0 Å². The van der Waals surface area contributed by atoms with Crippen LogP contribution in [-0.2, 0) is 22.5 Å². The first-order valence-electron chi connectivity index (χ1n) is 9.28. The Morgan fingerprint density at radius 1 is 1.14 bits per heavy atom. The van der Waals surface area contributed by atoms with E-state index in [-0.39, 0.29) is 11.3 Å². The van der Waals surface area contributed by atoms with Gasteiger partial charge in [0.25, 0.3) is 5.56 Å². The van der Waals surface area contributed by atoms with Crippen LogP contribution in [0.3, 0.4) is 0 Å². The highest BCUT2D eigenvalue weighted by Crippen LogP contribution is 2.20. The predicted molar refractivity (Wildman–Crippen MR) is 114 cm³/mol. The lowest BCUT2D eigenvalue weighted by Crippen LogP contribution is -2.24. The summed E-state index contributed by atoms with van der Waals surface area (Å²) < 4.78 is 6.41. The topological polar surface area (TPSA) is 78.3 Å². The number of fused-ring (bicyclic) bond motifs is 1. The summed E-state index contributed by atoms with van der Waals surface area (Å²) in [5.41, 5.74) is 1.75. The van der Waals surface area contributed by atoms with E-state index in [1.54, 1.807) is 29.7 Å². The molecule has 0 atom stereocenters. The zero-order valence-corrected chi connectivity index (χ0v) is 17.2. The molecule has 0 saturated carbocycles. The summed E-state index contributed by atoms with van der Waals surface area (Å²) in [4.78, 5) is 40.9. The summed E-state index contributed by atoms with van der Waals surface area (Å²) in [5, 5.41) is 0.989. The summed E-state index contributed by atoms with van der Waals surface area (Å²) in [6, 6.07) is 14.7. The van der Waals surface area contributed by atoms with Crippen molar-refractivity contribution in [1.82, 2.24) is 9.55 Å². The van der Waals surface area contributed by atoms with Gasteiger partial charge in [-0.3, -0.25) is 14.2 Å². The van der Waals surface area contributed by atoms with E-state index in [1.807, 2.05) is 30.3 Å². The highest BCUT2D eigenvalue weighted by atomic mass is 32.2. The van der Waals surface area contributed by atoms with Crippen molar-refractivity contribution in [2.75, 3.05) is 12.9 Å². The van der Waals surface area contributed by atoms with Gasteiger partial charge in [0.1, 0.15) is 5.78 Å². The molecule has 0 unspecified atom stereocenters. The van der Waals surface area contributed by atoms with Crippen molar-refractivity contribution in [3.8, 4) is 0 Å². The third kappa shape index (κ3) is 5.12. The van der Waals surface area contributed by atoms with Crippen molar-refractivity contribution in [2.45, 2.75) is 31.5 Å². The summed E-state index contributed by atoms with van der Waals surface area (Å²) in [6.07, 6.45) is 1.09. The van der Waals surface area contributed by atoms with Gasteiger partial charge in [-0.05, 0) is 37.1 Å². The van der Waals surface area contributed by atoms with Gasteiger partial charge in [-0.25, -0.2) is 9.78 Å². The quantitative estimate of drug-likeness (QED) is 0.321. The molecule has 0 aliphatic rings. The van der Waals surface area contributed by atoms with Gasteiger partial charge in [0.05, 0.1) is 23.6 Å². The van der Waals surface area contributed by atoms with E-state index >= 15 is 0 Å². The van der Waals surface area contributed by atoms with Crippen molar-refractivity contribution in [3.63, 3.8) is 0 Å². The van der Waals surface area contributed by atoms with Gasteiger partial charge in [-0.15, -0.1) is 0 Å². The molecule has 3 rings (SSSR count). The average Bonchev–Trinajstić information content (AvgIpc) is 2.73. The van der Waals surface area contributed by atoms with E-state index in [2.05, 4.69) is 4.98 Å². The molecule has 0 bridgehead atoms. The second-order valence-electron chi connectivity index (χ2n) is 6.61. The number of methoxy groups -OCH3 is 1. The number of thioether (sulfide) groups is 1. The minimum absolute atomic E-state index is 0.0875. The van der Waals surface area contributed by atoms with E-state index in [0.29, 0.717) is 46.8 Å². The second kappa shape index (κ2) is 9.52. The van der Waals surface area contributed by atoms with Crippen LogP contribution in [0.1, 0.15) is 29.3 Å². The molecule has 2 aromatic carbocycles. The molecule has 1 heterocycles. The molecule has 1 aromatic heterocycles. The lowest BCUT2D eigenvalue weighted by Gasteiger charge is -2.13. The highest BCUT2D eigenvalue weighted by molar-refractivity contribution is 7.99. The number of ketones is 1. The van der Waals surface area contributed by atoms with Crippen molar-refractivity contribution in [1.29, 1.82) is 0 Å². The second-order valence-corrected chi connectivity index (χ2v) is 7.67. The Morgan fingerprint density at radius 2 is 1.90 bits per heavy atom. The van der Waals surface area contributed by atoms with Crippen LogP contribution in [0.2, 0.25) is 0 Å². The molecule has 0 radical (unpaired) electrons. The van der Waals surface area contributed by atoms with E-state index in [1.165, 1.54) is 18.9 Å². The van der Waals surface area contributed by atoms with Gasteiger partial charge >= 0.3 is 5.97 Å². The largest absolute Gasteiger partial charge is 0.465 e. The summed E-state index contributed by atoms with van der Waals surface area (Å²) in [6.45, 7) is 2.02. The molecule has 29 heavy (non-hydrogen) atoms. The van der Waals surface area contributed by atoms with Crippen LogP contribution in [0, 0.1) is 0 Å². The number of ether oxygens (including phenoxy) is 1. The highest BCUT2D eigenvalue weighted by Gasteiger charge is 2.14. The molecule has 6 nitrogen and oxygen atoms in total. The Kier molecular flexibility index (Phi) is 6.82. The molecule has 0 N–H and O–H groups in total. The Balaban J connectivity index is 2.00. The number of aryl methyl sites for hydroxylation is 1. The number of carbonyl (C=O) groups excluding carboxylic acids is 2. The first-order valence-corrected chi connectivity index (χ1v) is 10.3. The van der Waals surface area contributed by atoms with Crippen molar-refractivity contribution < 1.29 is 14.3 Å². The molecule has 0 amide bonds. The van der Waals surface area contributed by atoms with E-state index in [4.69, 9.17) is 4.74 Å². The molecule has 0 fully saturated rings. The molecular formula is C22H22N2O4S.